The fourth-order valence-electron chi connectivity index (χ4n) is 12.7. The third-order valence-corrected chi connectivity index (χ3v) is 15.4. The first-order valence-electron chi connectivity index (χ1n) is 21.1. The Labute approximate surface area is 316 Å². The molecule has 0 amide bonds. The Kier molecular flexibility index (Phi) is 8.94. The lowest BCUT2D eigenvalue weighted by molar-refractivity contribution is -0.151. The molecule has 53 heavy (non-hydrogen) atoms. The van der Waals surface area contributed by atoms with Gasteiger partial charge in [0.1, 0.15) is 11.8 Å². The van der Waals surface area contributed by atoms with Crippen molar-refractivity contribution in [1.82, 2.24) is 15.0 Å². The maximum atomic E-state index is 13.3. The summed E-state index contributed by atoms with van der Waals surface area (Å²) < 4.78 is 8.00. The molecule has 4 aromatic carbocycles. The number of nitrogens with zero attached hydrogens (tertiary/aromatic N) is 3. The Balaban J connectivity index is 0.829. The van der Waals surface area contributed by atoms with Gasteiger partial charge in [-0.1, -0.05) is 119 Å². The lowest BCUT2D eigenvalue weighted by Crippen LogP contribution is -2.51. The molecule has 5 heteroatoms. The third-order valence-electron chi connectivity index (χ3n) is 15.4. The second kappa shape index (κ2) is 13.5. The molecule has 3 saturated carbocycles. The van der Waals surface area contributed by atoms with E-state index >= 15 is 0 Å². The molecule has 0 spiro atoms. The van der Waals surface area contributed by atoms with Crippen molar-refractivity contribution in [3.05, 3.63) is 72.4 Å². The van der Waals surface area contributed by atoms with E-state index < -0.39 is 0 Å². The smallest absolute Gasteiger partial charge is 0.307 e. The Bertz CT molecular complexity index is 2160. The standard InChI is InChI=1S/C48H59N3O2/c1-30(2)9-6-10-31(3)40-19-20-41-38-18-17-35-28-36(21-24-47(35,4)42(38)22-25-48(40,41)5)53-44(52)23-26-51-29-43(49-50-51)39-27-34-13-7-11-32-15-16-33-12-8-14-37(39)46(33)45(32)34/h7-8,11-17,27,29-31,36,38,40-42H,6,9-10,18-26,28H2,1-5H3/t31-,36+,38+,40-,41+,42+,47+,48-/m1/s1. The maximum Gasteiger partial charge on any atom is 0.307 e. The van der Waals surface area contributed by atoms with Crippen LogP contribution in [0.2, 0.25) is 0 Å². The van der Waals surface area contributed by atoms with Crippen molar-refractivity contribution in [3.63, 3.8) is 0 Å². The number of carbonyl (C=O) groups excluding carboxylic acids is 1. The van der Waals surface area contributed by atoms with Crippen LogP contribution in [0.1, 0.15) is 112 Å². The van der Waals surface area contributed by atoms with Crippen LogP contribution in [0.5, 0.6) is 0 Å². The summed E-state index contributed by atoms with van der Waals surface area (Å²) in [5.41, 5.74) is 4.26. The number of aryl methyl sites for hydroxylation is 1. The van der Waals surface area contributed by atoms with Gasteiger partial charge in [0.15, 0.2) is 0 Å². The van der Waals surface area contributed by atoms with Crippen molar-refractivity contribution >= 4 is 38.3 Å². The second-order valence-electron chi connectivity index (χ2n) is 18.7. The molecule has 4 aliphatic carbocycles. The molecular formula is C48H59N3O2. The fourth-order valence-corrected chi connectivity index (χ4v) is 12.7. The largest absolute Gasteiger partial charge is 0.462 e. The Morgan fingerprint density at radius 2 is 1.70 bits per heavy atom. The van der Waals surface area contributed by atoms with E-state index in [2.05, 4.69) is 106 Å². The van der Waals surface area contributed by atoms with Crippen LogP contribution in [-0.2, 0) is 16.1 Å². The van der Waals surface area contributed by atoms with Crippen molar-refractivity contribution in [2.24, 2.45) is 46.3 Å². The van der Waals surface area contributed by atoms with E-state index in [1.165, 1.54) is 83.7 Å². The number of hydrogen-bond acceptors (Lipinski definition) is 4. The molecule has 5 nitrogen and oxygen atoms in total. The van der Waals surface area contributed by atoms with Crippen molar-refractivity contribution < 1.29 is 9.53 Å². The van der Waals surface area contributed by atoms with Crippen LogP contribution < -0.4 is 0 Å². The van der Waals surface area contributed by atoms with Gasteiger partial charge in [-0.05, 0) is 130 Å². The summed E-state index contributed by atoms with van der Waals surface area (Å²) in [4.78, 5) is 13.3. The van der Waals surface area contributed by atoms with Gasteiger partial charge in [0, 0.05) is 12.0 Å². The zero-order chi connectivity index (χ0) is 36.5. The molecule has 1 heterocycles. The van der Waals surface area contributed by atoms with E-state index in [0.29, 0.717) is 18.4 Å². The predicted octanol–water partition coefficient (Wildman–Crippen LogP) is 12.2. The minimum absolute atomic E-state index is 0.0169. The number of aromatic nitrogens is 3. The van der Waals surface area contributed by atoms with E-state index in [4.69, 9.17) is 4.74 Å². The molecular weight excluding hydrogens is 651 g/mol. The minimum Gasteiger partial charge on any atom is -0.462 e. The Morgan fingerprint density at radius 3 is 2.53 bits per heavy atom. The summed E-state index contributed by atoms with van der Waals surface area (Å²) in [6.07, 6.45) is 18.9. The van der Waals surface area contributed by atoms with Gasteiger partial charge in [-0.25, -0.2) is 0 Å². The van der Waals surface area contributed by atoms with Crippen molar-refractivity contribution in [2.45, 2.75) is 124 Å². The number of esters is 1. The highest BCUT2D eigenvalue weighted by molar-refractivity contribution is 6.26. The van der Waals surface area contributed by atoms with Crippen LogP contribution in [-0.4, -0.2) is 27.1 Å². The fraction of sp³-hybridized carbons (Fsp3) is 0.562. The van der Waals surface area contributed by atoms with Crippen molar-refractivity contribution in [1.29, 1.82) is 0 Å². The van der Waals surface area contributed by atoms with E-state index in [0.717, 1.165) is 66.0 Å². The molecule has 0 saturated heterocycles. The molecule has 3 fully saturated rings. The highest BCUT2D eigenvalue weighted by Gasteiger charge is 2.59. The van der Waals surface area contributed by atoms with Crippen LogP contribution in [0.25, 0.3) is 43.6 Å². The van der Waals surface area contributed by atoms with E-state index in [-0.39, 0.29) is 17.5 Å². The summed E-state index contributed by atoms with van der Waals surface area (Å²) in [6, 6.07) is 19.6. The van der Waals surface area contributed by atoms with E-state index in [9.17, 15) is 4.79 Å². The number of hydrogen-bond donors (Lipinski definition) is 0. The predicted molar refractivity (Wildman–Crippen MR) is 217 cm³/mol. The van der Waals surface area contributed by atoms with Crippen LogP contribution in [0.3, 0.4) is 0 Å². The number of ether oxygens (including phenoxy) is 1. The first-order chi connectivity index (χ1) is 25.6. The van der Waals surface area contributed by atoms with Crippen molar-refractivity contribution in [3.8, 4) is 11.3 Å². The summed E-state index contributed by atoms with van der Waals surface area (Å²) in [5, 5.41) is 16.5. The topological polar surface area (TPSA) is 57.0 Å². The molecule has 0 bridgehead atoms. The lowest BCUT2D eigenvalue weighted by Gasteiger charge is -2.58. The van der Waals surface area contributed by atoms with Crippen LogP contribution in [0.15, 0.2) is 72.4 Å². The van der Waals surface area contributed by atoms with Gasteiger partial charge < -0.3 is 4.74 Å². The van der Waals surface area contributed by atoms with Crippen LogP contribution in [0.4, 0.5) is 0 Å². The number of carbonyl (C=O) groups is 1. The maximum absolute atomic E-state index is 13.3. The molecule has 0 N–H and O–H groups in total. The van der Waals surface area contributed by atoms with E-state index in [1.54, 1.807) is 10.3 Å². The third kappa shape index (κ3) is 6.00. The molecule has 0 radical (unpaired) electrons. The van der Waals surface area contributed by atoms with Crippen LogP contribution in [0, 0.1) is 46.3 Å². The normalized spacial score (nSPS) is 30.4. The zero-order valence-electron chi connectivity index (χ0n) is 32.7. The SMILES string of the molecule is CC(C)CCC[C@@H](C)[C@H]1CC[C@H]2[C@@H]3CC=C4C[C@@H](OC(=O)CCn5cc(-c6cc7cccc8ccc9cccc6c9c87)nn5)CC[C@]4(C)[C@H]3CC[C@]12C. The van der Waals surface area contributed by atoms with Gasteiger partial charge >= 0.3 is 5.97 Å². The minimum atomic E-state index is -0.125. The van der Waals surface area contributed by atoms with Crippen molar-refractivity contribution in [2.75, 3.05) is 0 Å². The highest BCUT2D eigenvalue weighted by Crippen LogP contribution is 2.67. The molecule has 0 unspecified atom stereocenters. The van der Waals surface area contributed by atoms with Gasteiger partial charge in [0.2, 0.25) is 0 Å². The number of fused-ring (bicyclic) bond motifs is 5. The van der Waals surface area contributed by atoms with Gasteiger partial charge in [-0.2, -0.15) is 0 Å². The van der Waals surface area contributed by atoms with Gasteiger partial charge in [0.25, 0.3) is 0 Å². The second-order valence-corrected chi connectivity index (χ2v) is 18.7. The highest BCUT2D eigenvalue weighted by atomic mass is 16.5. The number of benzene rings is 4. The molecule has 0 aliphatic heterocycles. The van der Waals surface area contributed by atoms with E-state index in [1.807, 2.05) is 6.20 Å². The average Bonchev–Trinajstić information content (AvgIpc) is 3.77. The Morgan fingerprint density at radius 1 is 0.906 bits per heavy atom. The summed E-state index contributed by atoms with van der Waals surface area (Å²) in [7, 11) is 0. The molecule has 9 rings (SSSR count). The lowest BCUT2D eigenvalue weighted by atomic mass is 9.47. The first kappa shape index (κ1) is 35.0. The molecule has 278 valence electrons. The van der Waals surface area contributed by atoms with Gasteiger partial charge in [-0.15, -0.1) is 5.10 Å². The summed E-state index contributed by atoms with van der Waals surface area (Å²) >= 11 is 0. The molecule has 8 atom stereocenters. The molecule has 4 aliphatic rings. The summed E-state index contributed by atoms with van der Waals surface area (Å²) in [6.45, 7) is 13.0. The van der Waals surface area contributed by atoms with Gasteiger partial charge in [-0.3, -0.25) is 9.48 Å². The number of rotatable bonds is 10. The van der Waals surface area contributed by atoms with Gasteiger partial charge in [0.05, 0.1) is 19.2 Å². The number of allylic oxidation sites excluding steroid dienone is 1. The first-order valence-corrected chi connectivity index (χ1v) is 21.1. The molecule has 5 aromatic rings. The van der Waals surface area contributed by atoms with Crippen LogP contribution >= 0.6 is 0 Å². The Hall–Kier alpha value is -3.73. The zero-order valence-corrected chi connectivity index (χ0v) is 32.7. The molecule has 1 aromatic heterocycles. The monoisotopic (exact) mass is 709 g/mol. The summed E-state index contributed by atoms with van der Waals surface area (Å²) in [5.74, 6) is 4.91. The quantitative estimate of drug-likeness (QED) is 0.0823. The average molecular weight is 710 g/mol.